The molecule has 0 saturated carbocycles. The second-order valence-electron chi connectivity index (χ2n) is 7.75. The molecule has 0 saturated heterocycles. The van der Waals surface area contributed by atoms with Crippen molar-refractivity contribution in [3.8, 4) is 0 Å². The van der Waals surface area contributed by atoms with Crippen LogP contribution >= 0.6 is 0 Å². The van der Waals surface area contributed by atoms with Crippen molar-refractivity contribution >= 4 is 29.4 Å². The Morgan fingerprint density at radius 3 is 0.571 bits per heavy atom. The van der Waals surface area contributed by atoms with Gasteiger partial charge in [-0.3, -0.25) is 0 Å². The zero-order valence-electron chi connectivity index (χ0n) is 12.0. The molecule has 0 fully saturated rings. The van der Waals surface area contributed by atoms with Crippen LogP contribution in [0.25, 0.3) is 0 Å². The minimum absolute atomic E-state index is 0.895. The predicted octanol–water partition coefficient (Wildman–Crippen LogP) is 4.31. The molecule has 0 N–H and O–H groups in total. The van der Waals surface area contributed by atoms with E-state index in [-0.39, 0.29) is 0 Å². The van der Waals surface area contributed by atoms with Crippen LogP contribution in [0.1, 0.15) is 0 Å². The quantitative estimate of drug-likeness (QED) is 0.665. The molecule has 0 rings (SSSR count). The molecule has 0 nitrogen and oxygen atoms in total. The minimum atomic E-state index is -0.928. The molecular formula is C10H30Si4. The Hall–Kier alpha value is 0.868. The van der Waals surface area contributed by atoms with E-state index in [0.29, 0.717) is 0 Å². The number of hydrogen-bond donors (Lipinski definition) is 0. The molecule has 0 aromatic carbocycles. The second-order valence-corrected chi connectivity index (χ2v) is 50.2. The summed E-state index contributed by atoms with van der Waals surface area (Å²) in [6.45, 7) is 26.4. The summed E-state index contributed by atoms with van der Waals surface area (Å²) in [4.78, 5) is 0. The predicted molar refractivity (Wildman–Crippen MR) is 81.7 cm³/mol. The van der Waals surface area contributed by atoms with Crippen molar-refractivity contribution in [3.05, 3.63) is 0 Å². The fourth-order valence-corrected chi connectivity index (χ4v) is 70.9. The maximum absolute atomic E-state index is 2.70. The van der Waals surface area contributed by atoms with Gasteiger partial charge in [-0.05, 0) is 0 Å². The lowest BCUT2D eigenvalue weighted by atomic mass is 11.8. The molecule has 0 unspecified atom stereocenters. The fraction of sp³-hybridized carbons (Fsp3) is 1.00. The van der Waals surface area contributed by atoms with Gasteiger partial charge in [0.25, 0.3) is 0 Å². The summed E-state index contributed by atoms with van der Waals surface area (Å²) in [5.41, 5.74) is 0. The van der Waals surface area contributed by atoms with Crippen LogP contribution in [0.3, 0.4) is 0 Å². The normalized spacial score (nSPS) is 15.9. The van der Waals surface area contributed by atoms with Gasteiger partial charge in [0.1, 0.15) is 0 Å². The molecule has 0 radical (unpaired) electrons. The SMILES string of the molecule is C[Si](C)(C)[Si](C)(C)[Si](C)(C)[Si](C)(C)C. The summed E-state index contributed by atoms with van der Waals surface area (Å²) in [6, 6.07) is 0. The van der Waals surface area contributed by atoms with Gasteiger partial charge in [-0.2, -0.15) is 0 Å². The highest BCUT2D eigenvalue weighted by atomic mass is 29.8. The third-order valence-electron chi connectivity index (χ3n) is 5.31. The molecule has 0 heterocycles. The fourth-order valence-electron chi connectivity index (χ4n) is 1.88. The van der Waals surface area contributed by atoms with E-state index in [1.165, 1.54) is 0 Å². The summed E-state index contributed by atoms with van der Waals surface area (Å²) >= 11 is 0. The molecule has 86 valence electrons. The summed E-state index contributed by atoms with van der Waals surface area (Å²) in [5, 5.41) is 0. The van der Waals surface area contributed by atoms with Crippen molar-refractivity contribution in [3.63, 3.8) is 0 Å². The highest BCUT2D eigenvalue weighted by Crippen LogP contribution is 2.34. The van der Waals surface area contributed by atoms with Crippen molar-refractivity contribution in [1.82, 2.24) is 0 Å². The van der Waals surface area contributed by atoms with Gasteiger partial charge < -0.3 is 0 Å². The van der Waals surface area contributed by atoms with Crippen molar-refractivity contribution in [2.75, 3.05) is 0 Å². The van der Waals surface area contributed by atoms with Crippen LogP contribution in [0.5, 0.6) is 0 Å². The van der Waals surface area contributed by atoms with E-state index in [4.69, 9.17) is 0 Å². The molecule has 0 aromatic rings. The van der Waals surface area contributed by atoms with Crippen molar-refractivity contribution in [2.24, 2.45) is 0 Å². The second kappa shape index (κ2) is 3.71. The third-order valence-corrected chi connectivity index (χ3v) is 74.8. The van der Waals surface area contributed by atoms with Crippen molar-refractivity contribution in [1.29, 1.82) is 0 Å². The Balaban J connectivity index is 5.30. The first-order valence-electron chi connectivity index (χ1n) is 5.75. The smallest absolute Gasteiger partial charge is 0.0354 e. The molecule has 0 atom stereocenters. The van der Waals surface area contributed by atoms with Crippen molar-refractivity contribution < 1.29 is 0 Å². The molecule has 0 spiro atoms. The number of hydrogen-bond acceptors (Lipinski definition) is 0. The highest BCUT2D eigenvalue weighted by Gasteiger charge is 2.55. The van der Waals surface area contributed by atoms with Crippen LogP contribution in [-0.2, 0) is 0 Å². The Morgan fingerprint density at radius 1 is 0.357 bits per heavy atom. The minimum Gasteiger partial charge on any atom is -0.0733 e. The van der Waals surface area contributed by atoms with Gasteiger partial charge in [-0.1, -0.05) is 65.5 Å². The summed E-state index contributed by atoms with van der Waals surface area (Å²) in [7, 11) is -3.65. The zero-order chi connectivity index (χ0) is 12.0. The first-order chi connectivity index (χ1) is 5.75. The van der Waals surface area contributed by atoms with E-state index in [1.807, 2.05) is 0 Å². The van der Waals surface area contributed by atoms with E-state index >= 15 is 0 Å². The van der Waals surface area contributed by atoms with Gasteiger partial charge in [0.2, 0.25) is 0 Å². The van der Waals surface area contributed by atoms with Crippen LogP contribution in [0.4, 0.5) is 0 Å². The summed E-state index contributed by atoms with van der Waals surface area (Å²) in [6.07, 6.45) is 0. The molecule has 0 amide bonds. The summed E-state index contributed by atoms with van der Waals surface area (Å²) < 4.78 is 0. The van der Waals surface area contributed by atoms with Gasteiger partial charge in [0.15, 0.2) is 0 Å². The largest absolute Gasteiger partial charge is 0.0733 e. The lowest BCUT2D eigenvalue weighted by molar-refractivity contribution is 1.71. The third kappa shape index (κ3) is 2.33. The van der Waals surface area contributed by atoms with E-state index < -0.39 is 29.4 Å². The first-order valence-corrected chi connectivity index (χ1v) is 21.8. The molecule has 0 bridgehead atoms. The van der Waals surface area contributed by atoms with Crippen molar-refractivity contribution in [2.45, 2.75) is 65.5 Å². The standard InChI is InChI=1S/C10H30Si4/c1-11(2,3)13(7,8)14(9,10)12(4,5)6/h1-10H3. The first kappa shape index (κ1) is 14.9. The van der Waals surface area contributed by atoms with E-state index in [2.05, 4.69) is 65.5 Å². The van der Waals surface area contributed by atoms with Gasteiger partial charge in [-0.15, -0.1) is 0 Å². The maximum atomic E-state index is 2.70. The Labute approximate surface area is 94.9 Å². The van der Waals surface area contributed by atoms with Crippen LogP contribution in [-0.4, -0.2) is 29.4 Å². The van der Waals surface area contributed by atoms with Gasteiger partial charge >= 0.3 is 0 Å². The lowest BCUT2D eigenvalue weighted by Gasteiger charge is -2.53. The molecule has 0 aliphatic carbocycles. The average Bonchev–Trinajstić information content (AvgIpc) is 1.81. The lowest BCUT2D eigenvalue weighted by Crippen LogP contribution is -2.77. The monoisotopic (exact) mass is 262 g/mol. The molecule has 0 aliphatic heterocycles. The topological polar surface area (TPSA) is 0 Å². The highest BCUT2D eigenvalue weighted by molar-refractivity contribution is 7.82. The maximum Gasteiger partial charge on any atom is 0.0354 e. The molecule has 0 aliphatic rings. The average molecular weight is 263 g/mol. The van der Waals surface area contributed by atoms with E-state index in [0.717, 1.165) is 0 Å². The van der Waals surface area contributed by atoms with Crippen LogP contribution in [0.15, 0.2) is 0 Å². The molecule has 0 aromatic heterocycles. The van der Waals surface area contributed by atoms with Crippen LogP contribution in [0, 0.1) is 0 Å². The van der Waals surface area contributed by atoms with E-state index in [9.17, 15) is 0 Å². The van der Waals surface area contributed by atoms with Gasteiger partial charge in [0, 0.05) is 29.4 Å². The molecular weight excluding hydrogens is 232 g/mol. The molecule has 4 heteroatoms. The van der Waals surface area contributed by atoms with Gasteiger partial charge in [0.05, 0.1) is 0 Å². The van der Waals surface area contributed by atoms with Crippen LogP contribution in [0.2, 0.25) is 65.5 Å². The molecule has 14 heavy (non-hydrogen) atoms. The van der Waals surface area contributed by atoms with Gasteiger partial charge in [-0.25, -0.2) is 0 Å². The zero-order valence-corrected chi connectivity index (χ0v) is 16.0. The Bertz CT molecular complexity index is 181. The Kier molecular flexibility index (Phi) is 3.94. The van der Waals surface area contributed by atoms with Crippen LogP contribution < -0.4 is 0 Å². The Morgan fingerprint density at radius 2 is 0.500 bits per heavy atom. The summed E-state index contributed by atoms with van der Waals surface area (Å²) in [5.74, 6) is 0. The number of rotatable bonds is 3. The van der Waals surface area contributed by atoms with E-state index in [1.54, 1.807) is 0 Å².